The Hall–Kier alpha value is -2.11. The van der Waals surface area contributed by atoms with Gasteiger partial charge in [-0.1, -0.05) is 18.9 Å². The van der Waals surface area contributed by atoms with Crippen molar-refractivity contribution in [1.82, 2.24) is 14.8 Å². The molecule has 1 aliphatic carbocycles. The number of amides is 2. The fraction of sp³-hybridized carbons (Fsp3) is 0.632. The first-order valence-electron chi connectivity index (χ1n) is 9.31. The van der Waals surface area contributed by atoms with E-state index in [1.807, 2.05) is 17.0 Å². The van der Waals surface area contributed by atoms with Crippen LogP contribution in [0.3, 0.4) is 0 Å². The summed E-state index contributed by atoms with van der Waals surface area (Å²) in [6, 6.07) is 4.08. The van der Waals surface area contributed by atoms with Gasteiger partial charge in [-0.05, 0) is 43.2 Å². The van der Waals surface area contributed by atoms with Crippen molar-refractivity contribution in [2.24, 2.45) is 5.92 Å². The molecule has 2 amide bonds. The number of carboxylic acids is 1. The molecule has 2 heterocycles. The van der Waals surface area contributed by atoms with Crippen molar-refractivity contribution >= 4 is 12.0 Å². The number of aromatic nitrogens is 1. The Morgan fingerprint density at radius 3 is 2.80 bits per heavy atom. The van der Waals surface area contributed by atoms with E-state index < -0.39 is 5.97 Å². The number of piperidine rings is 1. The van der Waals surface area contributed by atoms with Crippen molar-refractivity contribution in [3.8, 4) is 0 Å². The van der Waals surface area contributed by atoms with Crippen LogP contribution >= 0.6 is 0 Å². The average molecular weight is 345 g/mol. The number of hydrogen-bond acceptors (Lipinski definition) is 3. The van der Waals surface area contributed by atoms with Crippen LogP contribution < -0.4 is 0 Å². The van der Waals surface area contributed by atoms with Crippen LogP contribution in [-0.2, 0) is 11.3 Å². The predicted molar refractivity (Wildman–Crippen MR) is 94.0 cm³/mol. The second-order valence-corrected chi connectivity index (χ2v) is 7.16. The summed E-state index contributed by atoms with van der Waals surface area (Å²) in [5.41, 5.74) is 0.929. The lowest BCUT2D eigenvalue weighted by atomic mass is 9.78. The van der Waals surface area contributed by atoms with Crippen LogP contribution in [0.1, 0.15) is 50.5 Å². The first kappa shape index (κ1) is 17.7. The molecule has 1 saturated carbocycles. The summed E-state index contributed by atoms with van der Waals surface area (Å²) >= 11 is 0. The van der Waals surface area contributed by atoms with Gasteiger partial charge < -0.3 is 14.9 Å². The van der Waals surface area contributed by atoms with Gasteiger partial charge in [-0.3, -0.25) is 9.78 Å². The maximum absolute atomic E-state index is 13.2. The SMILES string of the molecule is O=C(O)CCN(Cc1cccnc1)C(=O)N1CCC[C@@H]2CCCC[C@@H]21. The zero-order valence-electron chi connectivity index (χ0n) is 14.6. The fourth-order valence-electron chi connectivity index (χ4n) is 4.23. The second-order valence-electron chi connectivity index (χ2n) is 7.16. The van der Waals surface area contributed by atoms with Crippen LogP contribution in [0.2, 0.25) is 0 Å². The average Bonchev–Trinajstić information content (AvgIpc) is 2.65. The van der Waals surface area contributed by atoms with Gasteiger partial charge in [0.15, 0.2) is 0 Å². The van der Waals surface area contributed by atoms with Crippen molar-refractivity contribution in [3.63, 3.8) is 0 Å². The van der Waals surface area contributed by atoms with E-state index in [4.69, 9.17) is 5.11 Å². The molecule has 25 heavy (non-hydrogen) atoms. The van der Waals surface area contributed by atoms with Gasteiger partial charge in [0.2, 0.25) is 0 Å². The second kappa shape index (κ2) is 8.32. The summed E-state index contributed by atoms with van der Waals surface area (Å²) in [5.74, 6) is -0.260. The lowest BCUT2D eigenvalue weighted by Crippen LogP contribution is -2.54. The van der Waals surface area contributed by atoms with Gasteiger partial charge in [0.25, 0.3) is 0 Å². The molecule has 1 aromatic heterocycles. The van der Waals surface area contributed by atoms with Gasteiger partial charge >= 0.3 is 12.0 Å². The van der Waals surface area contributed by atoms with E-state index in [9.17, 15) is 9.59 Å². The number of rotatable bonds is 5. The molecule has 0 unspecified atom stereocenters. The highest BCUT2D eigenvalue weighted by molar-refractivity contribution is 5.76. The zero-order valence-corrected chi connectivity index (χ0v) is 14.6. The van der Waals surface area contributed by atoms with Gasteiger partial charge in [0.1, 0.15) is 0 Å². The molecule has 1 aliphatic heterocycles. The molecule has 0 aromatic carbocycles. The number of hydrogen-bond donors (Lipinski definition) is 1. The van der Waals surface area contributed by atoms with E-state index >= 15 is 0 Å². The third-order valence-electron chi connectivity index (χ3n) is 5.45. The van der Waals surface area contributed by atoms with Crippen molar-refractivity contribution in [3.05, 3.63) is 30.1 Å². The van der Waals surface area contributed by atoms with E-state index in [-0.39, 0.29) is 19.0 Å². The third kappa shape index (κ3) is 4.50. The molecule has 2 fully saturated rings. The van der Waals surface area contributed by atoms with Gasteiger partial charge in [0.05, 0.1) is 6.42 Å². The molecule has 136 valence electrons. The highest BCUT2D eigenvalue weighted by atomic mass is 16.4. The first-order valence-corrected chi connectivity index (χ1v) is 9.31. The monoisotopic (exact) mass is 345 g/mol. The molecule has 2 atom stereocenters. The minimum absolute atomic E-state index is 0.0123. The standard InChI is InChI=1S/C19H27N3O3/c23-18(24)9-12-21(14-15-5-3-10-20-13-15)19(25)22-11-4-7-16-6-1-2-8-17(16)22/h3,5,10,13,16-17H,1-2,4,6-9,11-12,14H2,(H,23,24)/t16-,17-/m0/s1. The Labute approximate surface area is 148 Å². The number of pyridine rings is 1. The van der Waals surface area contributed by atoms with Gasteiger partial charge in [-0.25, -0.2) is 4.79 Å². The lowest BCUT2D eigenvalue weighted by molar-refractivity contribution is -0.137. The molecule has 6 heteroatoms. The Kier molecular flexibility index (Phi) is 5.89. The molecule has 0 bridgehead atoms. The van der Waals surface area contributed by atoms with Gasteiger partial charge in [-0.2, -0.15) is 0 Å². The third-order valence-corrected chi connectivity index (χ3v) is 5.45. The number of fused-ring (bicyclic) bond motifs is 1. The smallest absolute Gasteiger partial charge is 0.320 e. The Balaban J connectivity index is 1.73. The normalized spacial score (nSPS) is 23.0. The number of carbonyl (C=O) groups is 2. The van der Waals surface area contributed by atoms with Crippen molar-refractivity contribution < 1.29 is 14.7 Å². The zero-order chi connectivity index (χ0) is 17.6. The molecule has 1 N–H and O–H groups in total. The van der Waals surface area contributed by atoms with E-state index in [0.29, 0.717) is 18.5 Å². The largest absolute Gasteiger partial charge is 0.481 e. The minimum Gasteiger partial charge on any atom is -0.481 e. The summed E-state index contributed by atoms with van der Waals surface area (Å²) in [7, 11) is 0. The summed E-state index contributed by atoms with van der Waals surface area (Å²) in [5, 5.41) is 9.04. The molecule has 2 aliphatic rings. The highest BCUT2D eigenvalue weighted by Crippen LogP contribution is 2.35. The molecule has 0 radical (unpaired) electrons. The van der Waals surface area contributed by atoms with E-state index in [1.165, 1.54) is 25.7 Å². The molecule has 0 spiro atoms. The maximum Gasteiger partial charge on any atom is 0.320 e. The van der Waals surface area contributed by atoms with Gasteiger partial charge in [-0.15, -0.1) is 0 Å². The van der Waals surface area contributed by atoms with E-state index in [1.54, 1.807) is 17.3 Å². The number of aliphatic carboxylic acids is 1. The topological polar surface area (TPSA) is 73.7 Å². The Bertz CT molecular complexity index is 591. The van der Waals surface area contributed by atoms with Crippen molar-refractivity contribution in [2.75, 3.05) is 13.1 Å². The van der Waals surface area contributed by atoms with Crippen LogP contribution in [0.15, 0.2) is 24.5 Å². The van der Waals surface area contributed by atoms with Crippen LogP contribution in [0.4, 0.5) is 4.79 Å². The number of urea groups is 1. The maximum atomic E-state index is 13.2. The number of carbonyl (C=O) groups excluding carboxylic acids is 1. The summed E-state index contributed by atoms with van der Waals surface area (Å²) in [4.78, 5) is 32.0. The molecule has 3 rings (SSSR count). The quantitative estimate of drug-likeness (QED) is 0.890. The molecule has 1 aromatic rings. The van der Waals surface area contributed by atoms with E-state index in [2.05, 4.69) is 4.98 Å². The van der Waals surface area contributed by atoms with Crippen molar-refractivity contribution in [1.29, 1.82) is 0 Å². The minimum atomic E-state index is -0.877. The van der Waals surface area contributed by atoms with Crippen LogP contribution in [0, 0.1) is 5.92 Å². The number of likely N-dealkylation sites (tertiary alicyclic amines) is 1. The Morgan fingerprint density at radius 1 is 1.24 bits per heavy atom. The van der Waals surface area contributed by atoms with E-state index in [0.717, 1.165) is 24.9 Å². The lowest BCUT2D eigenvalue weighted by Gasteiger charge is -2.45. The highest BCUT2D eigenvalue weighted by Gasteiger charge is 2.37. The summed E-state index contributed by atoms with van der Waals surface area (Å²) in [6.45, 7) is 1.43. The van der Waals surface area contributed by atoms with Crippen LogP contribution in [-0.4, -0.2) is 51.0 Å². The molecule has 6 nitrogen and oxygen atoms in total. The predicted octanol–water partition coefficient (Wildman–Crippen LogP) is 3.13. The molecule has 1 saturated heterocycles. The first-order chi connectivity index (χ1) is 12.1. The fourth-order valence-corrected chi connectivity index (χ4v) is 4.23. The van der Waals surface area contributed by atoms with Crippen LogP contribution in [0.25, 0.3) is 0 Å². The Morgan fingerprint density at radius 2 is 2.04 bits per heavy atom. The van der Waals surface area contributed by atoms with Crippen LogP contribution in [0.5, 0.6) is 0 Å². The summed E-state index contributed by atoms with van der Waals surface area (Å²) in [6.07, 6.45) is 10.4. The number of carboxylic acid groups (broad SMARTS) is 1. The molecular weight excluding hydrogens is 318 g/mol. The summed E-state index contributed by atoms with van der Waals surface area (Å²) < 4.78 is 0. The number of nitrogens with zero attached hydrogens (tertiary/aromatic N) is 3. The van der Waals surface area contributed by atoms with Gasteiger partial charge in [0, 0.05) is 38.1 Å². The van der Waals surface area contributed by atoms with Crippen molar-refractivity contribution in [2.45, 2.75) is 57.5 Å². The molecular formula is C19H27N3O3.